The summed E-state index contributed by atoms with van der Waals surface area (Å²) in [5.74, 6) is 5.53. The van der Waals surface area contributed by atoms with Crippen LogP contribution in [-0.4, -0.2) is 34.4 Å². The summed E-state index contributed by atoms with van der Waals surface area (Å²) < 4.78 is 22.3. The van der Waals surface area contributed by atoms with E-state index in [0.717, 1.165) is 12.8 Å². The molecule has 2 saturated heterocycles. The lowest BCUT2D eigenvalue weighted by Crippen LogP contribution is -2.31. The van der Waals surface area contributed by atoms with Gasteiger partial charge in [-0.05, 0) is 26.2 Å². The van der Waals surface area contributed by atoms with Gasteiger partial charge >= 0.3 is 0 Å². The highest BCUT2D eigenvalue weighted by atomic mass is 16.8. The van der Waals surface area contributed by atoms with Crippen LogP contribution in [0.2, 0.25) is 0 Å². The molecule has 126 valence electrons. The van der Waals surface area contributed by atoms with E-state index in [1.807, 2.05) is 0 Å². The van der Waals surface area contributed by atoms with E-state index in [1.54, 1.807) is 13.8 Å². The molecule has 1 N–H and O–H groups in total. The van der Waals surface area contributed by atoms with E-state index in [-0.39, 0.29) is 0 Å². The lowest BCUT2D eigenvalue weighted by Gasteiger charge is -2.21. The van der Waals surface area contributed by atoms with E-state index in [2.05, 4.69) is 23.7 Å². The summed E-state index contributed by atoms with van der Waals surface area (Å²) in [5.41, 5.74) is 0.509. The summed E-state index contributed by atoms with van der Waals surface area (Å²) in [4.78, 5) is 4.29. The van der Waals surface area contributed by atoms with Crippen molar-refractivity contribution in [3.05, 3.63) is 17.8 Å². The Kier molecular flexibility index (Phi) is 4.74. The second-order valence-corrected chi connectivity index (χ2v) is 6.35. The van der Waals surface area contributed by atoms with Gasteiger partial charge in [0.15, 0.2) is 12.1 Å². The molecule has 3 heterocycles. The molecule has 0 saturated carbocycles. The van der Waals surface area contributed by atoms with Crippen molar-refractivity contribution < 1.29 is 23.7 Å². The van der Waals surface area contributed by atoms with Gasteiger partial charge in [-0.25, -0.2) is 4.98 Å². The van der Waals surface area contributed by atoms with Gasteiger partial charge in [-0.2, -0.15) is 0 Å². The molecule has 0 bridgehead atoms. The van der Waals surface area contributed by atoms with E-state index >= 15 is 0 Å². The number of nitrogens with zero attached hydrogens (tertiary/aromatic N) is 1. The molecule has 0 aromatic carbocycles. The molecule has 0 spiro atoms. The van der Waals surface area contributed by atoms with Crippen molar-refractivity contribution in [1.82, 2.24) is 4.98 Å². The maximum Gasteiger partial charge on any atom is 0.273 e. The smallest absolute Gasteiger partial charge is 0.273 e. The first-order valence-corrected chi connectivity index (χ1v) is 8.13. The van der Waals surface area contributed by atoms with E-state index in [0.29, 0.717) is 11.6 Å². The Balaban J connectivity index is 1.61. The number of aliphatic hydroxyl groups excluding tert-OH is 1. The Labute approximate surface area is 136 Å². The Morgan fingerprint density at radius 1 is 1.30 bits per heavy atom. The first-order valence-electron chi connectivity index (χ1n) is 8.13. The Bertz CT molecular complexity index is 600. The molecular weight excluding hydrogens is 298 g/mol. The standard InChI is InChI=1S/C17H23NO5/c1-4-5-6-7-8-9-12-18-11(10-20-12)14-13(19)15-16(21-14)23-17(2,3)22-15/h10,13-16,19H,4-7H2,1-3H3/t13-,14+,15+,16+/m0/s1. The minimum absolute atomic E-state index is 0.339. The van der Waals surface area contributed by atoms with Crippen LogP contribution in [0.4, 0.5) is 0 Å². The maximum absolute atomic E-state index is 10.4. The van der Waals surface area contributed by atoms with Crippen LogP contribution in [0.15, 0.2) is 10.7 Å². The number of aromatic nitrogens is 1. The average molecular weight is 321 g/mol. The van der Waals surface area contributed by atoms with Gasteiger partial charge in [0, 0.05) is 6.42 Å². The van der Waals surface area contributed by atoms with E-state index in [4.69, 9.17) is 18.6 Å². The van der Waals surface area contributed by atoms with Gasteiger partial charge < -0.3 is 23.7 Å². The van der Waals surface area contributed by atoms with Crippen LogP contribution < -0.4 is 0 Å². The summed E-state index contributed by atoms with van der Waals surface area (Å²) in [5, 5.41) is 10.4. The SMILES string of the molecule is CCCCCC#Cc1nc([C@H]2O[C@@H]3OC(C)(C)O[C@@H]3[C@H]2O)co1. The molecule has 23 heavy (non-hydrogen) atoms. The fourth-order valence-corrected chi connectivity index (χ4v) is 2.81. The maximum atomic E-state index is 10.4. The molecule has 0 aliphatic carbocycles. The van der Waals surface area contributed by atoms with Crippen molar-refractivity contribution in [3.8, 4) is 11.8 Å². The molecule has 0 amide bonds. The number of rotatable bonds is 4. The second-order valence-electron chi connectivity index (χ2n) is 6.35. The normalized spacial score (nSPS) is 31.7. The molecule has 2 aliphatic rings. The number of aliphatic hydroxyl groups is 1. The molecule has 2 fully saturated rings. The number of unbranched alkanes of at least 4 members (excludes halogenated alkanes) is 3. The molecule has 1 aromatic heterocycles. The molecule has 0 radical (unpaired) electrons. The fourth-order valence-electron chi connectivity index (χ4n) is 2.81. The average Bonchev–Trinajstić information content (AvgIpc) is 3.14. The zero-order valence-electron chi connectivity index (χ0n) is 13.7. The largest absolute Gasteiger partial charge is 0.438 e. The van der Waals surface area contributed by atoms with Crippen LogP contribution >= 0.6 is 0 Å². The van der Waals surface area contributed by atoms with Crippen LogP contribution in [0, 0.1) is 11.8 Å². The molecule has 6 heteroatoms. The Morgan fingerprint density at radius 2 is 2.13 bits per heavy atom. The van der Waals surface area contributed by atoms with Gasteiger partial charge in [-0.3, -0.25) is 0 Å². The van der Waals surface area contributed by atoms with Crippen molar-refractivity contribution in [1.29, 1.82) is 0 Å². The lowest BCUT2D eigenvalue weighted by atomic mass is 10.1. The third-order valence-corrected chi connectivity index (χ3v) is 3.93. The van der Waals surface area contributed by atoms with Gasteiger partial charge in [0.25, 0.3) is 5.89 Å². The van der Waals surface area contributed by atoms with Crippen molar-refractivity contribution in [2.24, 2.45) is 0 Å². The predicted octanol–water partition coefficient (Wildman–Crippen LogP) is 2.52. The summed E-state index contributed by atoms with van der Waals surface area (Å²) in [6, 6.07) is 0. The summed E-state index contributed by atoms with van der Waals surface area (Å²) >= 11 is 0. The third-order valence-electron chi connectivity index (χ3n) is 3.93. The minimum Gasteiger partial charge on any atom is -0.438 e. The van der Waals surface area contributed by atoms with Gasteiger partial charge in [0.2, 0.25) is 0 Å². The summed E-state index contributed by atoms with van der Waals surface area (Å²) in [6.07, 6.45) is 3.14. The predicted molar refractivity (Wildman–Crippen MR) is 81.2 cm³/mol. The molecule has 4 atom stereocenters. The van der Waals surface area contributed by atoms with Crippen LogP contribution in [0.3, 0.4) is 0 Å². The summed E-state index contributed by atoms with van der Waals surface area (Å²) in [7, 11) is 0. The van der Waals surface area contributed by atoms with Gasteiger partial charge in [0.05, 0.1) is 0 Å². The Morgan fingerprint density at radius 3 is 2.87 bits per heavy atom. The summed E-state index contributed by atoms with van der Waals surface area (Å²) in [6.45, 7) is 5.74. The van der Waals surface area contributed by atoms with Gasteiger partial charge in [-0.15, -0.1) is 0 Å². The highest BCUT2D eigenvalue weighted by molar-refractivity contribution is 5.20. The number of oxazole rings is 1. The second kappa shape index (κ2) is 6.62. The number of ether oxygens (including phenoxy) is 3. The van der Waals surface area contributed by atoms with Crippen LogP contribution in [-0.2, 0) is 14.2 Å². The zero-order valence-corrected chi connectivity index (χ0v) is 13.7. The highest BCUT2D eigenvalue weighted by Gasteiger charge is 2.55. The first-order chi connectivity index (χ1) is 11.0. The van der Waals surface area contributed by atoms with Crippen molar-refractivity contribution in [3.63, 3.8) is 0 Å². The molecule has 1 aromatic rings. The lowest BCUT2D eigenvalue weighted by molar-refractivity contribution is -0.216. The molecule has 0 unspecified atom stereocenters. The number of hydrogen-bond acceptors (Lipinski definition) is 6. The number of fused-ring (bicyclic) bond motifs is 1. The highest BCUT2D eigenvalue weighted by Crippen LogP contribution is 2.42. The van der Waals surface area contributed by atoms with E-state index < -0.39 is 30.4 Å². The van der Waals surface area contributed by atoms with Gasteiger partial charge in [-0.1, -0.05) is 25.7 Å². The zero-order chi connectivity index (χ0) is 16.4. The van der Waals surface area contributed by atoms with Crippen LogP contribution in [0.5, 0.6) is 0 Å². The first kappa shape index (κ1) is 16.5. The number of hydrogen-bond donors (Lipinski definition) is 1. The van der Waals surface area contributed by atoms with Gasteiger partial charge in [0.1, 0.15) is 30.3 Å². The third kappa shape index (κ3) is 3.59. The van der Waals surface area contributed by atoms with Crippen LogP contribution in [0.25, 0.3) is 0 Å². The molecule has 2 aliphatic heterocycles. The fraction of sp³-hybridized carbons (Fsp3) is 0.706. The quantitative estimate of drug-likeness (QED) is 0.678. The molecule has 3 rings (SSSR count). The topological polar surface area (TPSA) is 74.0 Å². The van der Waals surface area contributed by atoms with E-state index in [1.165, 1.54) is 19.1 Å². The Hall–Kier alpha value is -1.39. The van der Waals surface area contributed by atoms with Crippen molar-refractivity contribution in [2.45, 2.75) is 76.8 Å². The monoisotopic (exact) mass is 321 g/mol. The van der Waals surface area contributed by atoms with Crippen molar-refractivity contribution in [2.75, 3.05) is 0 Å². The van der Waals surface area contributed by atoms with Crippen molar-refractivity contribution >= 4 is 0 Å². The van der Waals surface area contributed by atoms with Crippen LogP contribution in [0.1, 0.15) is 64.1 Å². The minimum atomic E-state index is -0.850. The molecular formula is C17H23NO5. The van der Waals surface area contributed by atoms with E-state index in [9.17, 15) is 5.11 Å². The molecule has 6 nitrogen and oxygen atoms in total.